The van der Waals surface area contributed by atoms with Crippen molar-refractivity contribution in [1.29, 1.82) is 0 Å². The number of unbranched alkanes of at least 4 members (excludes halogenated alkanes) is 39. The van der Waals surface area contributed by atoms with Crippen LogP contribution in [0.2, 0.25) is 0 Å². The van der Waals surface area contributed by atoms with Crippen LogP contribution >= 0.6 is 0 Å². The lowest BCUT2D eigenvalue weighted by Gasteiger charge is -2.36. The van der Waals surface area contributed by atoms with Gasteiger partial charge in [-0.25, -0.2) is 4.79 Å². The summed E-state index contributed by atoms with van der Waals surface area (Å²) in [6, 6.07) is 25.4. The third-order valence-corrected chi connectivity index (χ3v) is 19.3. The molecule has 96 heavy (non-hydrogen) atoms. The van der Waals surface area contributed by atoms with Crippen LogP contribution in [0.4, 0.5) is 4.79 Å². The Balaban J connectivity index is 1.82. The zero-order valence-electron chi connectivity index (χ0n) is 62.0. The molecule has 3 aromatic carbocycles. The van der Waals surface area contributed by atoms with Crippen LogP contribution in [0.5, 0.6) is 0 Å². The molecule has 4 atom stereocenters. The van der Waals surface area contributed by atoms with E-state index < -0.39 is 41.6 Å². The van der Waals surface area contributed by atoms with Gasteiger partial charge in [-0.1, -0.05) is 382 Å². The number of benzene rings is 3. The van der Waals surface area contributed by atoms with Gasteiger partial charge in [0.05, 0.1) is 19.8 Å². The van der Waals surface area contributed by atoms with Crippen LogP contribution in [-0.4, -0.2) is 87.1 Å². The normalized spacial score (nSPS) is 12.8. The molecule has 0 unspecified atom stereocenters. The summed E-state index contributed by atoms with van der Waals surface area (Å²) in [7, 11) is 0. The van der Waals surface area contributed by atoms with Crippen LogP contribution in [0.15, 0.2) is 91.0 Å². The van der Waals surface area contributed by atoms with Crippen molar-refractivity contribution in [2.75, 3.05) is 39.6 Å². The van der Waals surface area contributed by atoms with Gasteiger partial charge in [0.25, 0.3) is 0 Å². The van der Waals surface area contributed by atoms with Crippen LogP contribution in [0.25, 0.3) is 0 Å². The Hall–Kier alpha value is -4.78. The summed E-state index contributed by atoms with van der Waals surface area (Å²) in [5.41, 5.74) is 1.44. The first-order chi connectivity index (χ1) is 47.1. The Morgan fingerprint density at radius 1 is 0.344 bits per heavy atom. The molecular formula is C84H142N4O8. The molecule has 0 aromatic heterocycles. The summed E-state index contributed by atoms with van der Waals surface area (Å²) in [6.45, 7) is 13.0. The van der Waals surface area contributed by atoms with Crippen molar-refractivity contribution in [3.8, 4) is 0 Å². The first-order valence-electron chi connectivity index (χ1n) is 39.8. The van der Waals surface area contributed by atoms with Gasteiger partial charge < -0.3 is 40.2 Å². The molecule has 0 saturated carbocycles. The molecule has 546 valence electrons. The van der Waals surface area contributed by atoms with Crippen LogP contribution in [0.3, 0.4) is 0 Å². The number of rotatable bonds is 66. The van der Waals surface area contributed by atoms with Gasteiger partial charge in [-0.05, 0) is 41.9 Å². The highest BCUT2D eigenvalue weighted by Gasteiger charge is 2.38. The van der Waals surface area contributed by atoms with Gasteiger partial charge in [-0.2, -0.15) is 0 Å². The minimum atomic E-state index is -1.07. The van der Waals surface area contributed by atoms with Crippen LogP contribution < -0.4 is 21.3 Å². The second-order valence-corrected chi connectivity index (χ2v) is 28.3. The predicted molar refractivity (Wildman–Crippen MR) is 401 cm³/mol. The van der Waals surface area contributed by atoms with E-state index in [9.17, 15) is 9.59 Å². The van der Waals surface area contributed by atoms with Crippen molar-refractivity contribution in [2.24, 2.45) is 5.92 Å². The van der Waals surface area contributed by atoms with Gasteiger partial charge in [-0.15, -0.1) is 0 Å². The minimum absolute atomic E-state index is 0.0271. The molecule has 0 spiro atoms. The highest BCUT2D eigenvalue weighted by molar-refractivity contribution is 5.94. The molecule has 12 nitrogen and oxygen atoms in total. The van der Waals surface area contributed by atoms with Crippen molar-refractivity contribution in [2.45, 2.75) is 354 Å². The smallest absolute Gasteiger partial charge is 0.408 e. The summed E-state index contributed by atoms with van der Waals surface area (Å²) < 4.78 is 25.6. The third kappa shape index (κ3) is 45.0. The van der Waals surface area contributed by atoms with Gasteiger partial charge in [0.2, 0.25) is 17.7 Å². The molecule has 3 aromatic rings. The Morgan fingerprint density at radius 3 is 0.948 bits per heavy atom. The number of alkyl carbamates (subject to hydrolysis) is 1. The van der Waals surface area contributed by atoms with Crippen molar-refractivity contribution < 1.29 is 38.1 Å². The molecular weight excluding hydrogens is 1190 g/mol. The Labute approximate surface area is 587 Å². The molecule has 12 heteroatoms. The standard InChI is InChI=1S/C84H142N4O8/c1-6-10-13-16-19-22-25-28-31-34-37-40-43-55-64-93-70-84(71-94-65-56-44-41-38-35-32-29-26-23-20-17-14-11-7-2,72-95-66-57-45-42-39-36-33-30-27-24-21-18-15-12-8-3)88-81(90)78(68-75-60-51-47-52-61-75)85-82(91)79(73(5)9-4)87-80(89)77(67-74-58-49-46-50-59-74)86-83(92)96-69-76-62-53-48-54-63-76/h46-54,58-63,73,77-79H,6-45,55-57,64-72H2,1-5H3,(H,85,91)(H,86,92)(H,87,89)(H,88,90)/t73-,77-,78-,79-/m0/s1. The van der Waals surface area contributed by atoms with Gasteiger partial charge >= 0.3 is 6.09 Å². The fourth-order valence-electron chi connectivity index (χ4n) is 12.8. The van der Waals surface area contributed by atoms with E-state index in [0.717, 1.165) is 55.2 Å². The number of amides is 4. The molecule has 0 aliphatic rings. The van der Waals surface area contributed by atoms with E-state index in [0.29, 0.717) is 26.2 Å². The average molecular weight is 1340 g/mol. The van der Waals surface area contributed by atoms with E-state index in [1.165, 1.54) is 231 Å². The van der Waals surface area contributed by atoms with E-state index in [2.05, 4.69) is 42.0 Å². The molecule has 0 saturated heterocycles. The van der Waals surface area contributed by atoms with E-state index in [1.807, 2.05) is 105 Å². The van der Waals surface area contributed by atoms with Crippen LogP contribution in [-0.2, 0) is 52.8 Å². The molecule has 3 rings (SSSR count). The fraction of sp³-hybridized carbons (Fsp3) is 0.738. The molecule has 0 aliphatic heterocycles. The summed E-state index contributed by atoms with van der Waals surface area (Å²) in [5, 5.41) is 12.4. The zero-order valence-corrected chi connectivity index (χ0v) is 62.0. The van der Waals surface area contributed by atoms with E-state index in [4.69, 9.17) is 18.9 Å². The minimum Gasteiger partial charge on any atom is -0.445 e. The van der Waals surface area contributed by atoms with Crippen molar-refractivity contribution >= 4 is 23.8 Å². The second-order valence-electron chi connectivity index (χ2n) is 28.3. The highest BCUT2D eigenvalue weighted by atomic mass is 16.5. The fourth-order valence-corrected chi connectivity index (χ4v) is 12.8. The second kappa shape index (κ2) is 60.2. The topological polar surface area (TPSA) is 153 Å². The summed E-state index contributed by atoms with van der Waals surface area (Å²) in [5.74, 6) is -1.76. The molecule has 0 heterocycles. The molecule has 4 amide bonds. The number of nitrogens with one attached hydrogen (secondary N) is 4. The molecule has 0 bridgehead atoms. The lowest BCUT2D eigenvalue weighted by Crippen LogP contribution is -2.64. The molecule has 0 aliphatic carbocycles. The lowest BCUT2D eigenvalue weighted by atomic mass is 9.95. The largest absolute Gasteiger partial charge is 0.445 e. The van der Waals surface area contributed by atoms with Gasteiger partial charge in [0.15, 0.2) is 0 Å². The Bertz CT molecular complexity index is 2180. The summed E-state index contributed by atoms with van der Waals surface area (Å²) >= 11 is 0. The quantitative estimate of drug-likeness (QED) is 0.0408. The number of carbonyl (C=O) groups excluding carboxylic acids is 4. The van der Waals surface area contributed by atoms with Crippen molar-refractivity contribution in [1.82, 2.24) is 21.3 Å². The maximum atomic E-state index is 15.5. The zero-order chi connectivity index (χ0) is 68.9. The Kier molecular flexibility index (Phi) is 53.6. The maximum absolute atomic E-state index is 15.5. The number of carbonyl (C=O) groups is 4. The molecule has 4 N–H and O–H groups in total. The predicted octanol–water partition coefficient (Wildman–Crippen LogP) is 21.1. The number of hydrogen-bond acceptors (Lipinski definition) is 8. The number of hydrogen-bond donors (Lipinski definition) is 4. The van der Waals surface area contributed by atoms with Crippen LogP contribution in [0, 0.1) is 5.92 Å². The molecule has 0 radical (unpaired) electrons. The third-order valence-electron chi connectivity index (χ3n) is 19.3. The maximum Gasteiger partial charge on any atom is 0.408 e. The monoisotopic (exact) mass is 1340 g/mol. The first kappa shape index (κ1) is 85.4. The SMILES string of the molecule is CCCCCCCCCCCCCCCCOCC(COCCCCCCCCCCCCCCCC)(COCCCCCCCCCCCCCCCC)NC(=O)[C@H](Cc1ccccc1)NC(=O)[C@@H](NC(=O)[C@H](Cc1ccccc1)NC(=O)OCc1ccccc1)[C@@H](C)CC. The molecule has 0 fully saturated rings. The van der Waals surface area contributed by atoms with E-state index >= 15 is 9.59 Å². The van der Waals surface area contributed by atoms with E-state index in [-0.39, 0.29) is 51.1 Å². The summed E-state index contributed by atoms with van der Waals surface area (Å²) in [6.07, 6.45) is 53.8. The first-order valence-corrected chi connectivity index (χ1v) is 39.8. The average Bonchev–Trinajstić information content (AvgIpc) is 0.927. The van der Waals surface area contributed by atoms with Crippen molar-refractivity contribution in [3.63, 3.8) is 0 Å². The number of ether oxygens (including phenoxy) is 4. The van der Waals surface area contributed by atoms with Gasteiger partial charge in [0, 0.05) is 32.7 Å². The highest BCUT2D eigenvalue weighted by Crippen LogP contribution is 2.20. The van der Waals surface area contributed by atoms with Crippen LogP contribution in [0.1, 0.15) is 327 Å². The van der Waals surface area contributed by atoms with Gasteiger partial charge in [0.1, 0.15) is 30.3 Å². The van der Waals surface area contributed by atoms with Crippen molar-refractivity contribution in [3.05, 3.63) is 108 Å². The van der Waals surface area contributed by atoms with E-state index in [1.54, 1.807) is 0 Å². The summed E-state index contributed by atoms with van der Waals surface area (Å²) in [4.78, 5) is 58.5. The Morgan fingerprint density at radius 2 is 0.635 bits per heavy atom. The lowest BCUT2D eigenvalue weighted by molar-refractivity contribution is -0.135. The van der Waals surface area contributed by atoms with Gasteiger partial charge in [-0.3, -0.25) is 14.4 Å².